The highest BCUT2D eigenvalue weighted by Crippen LogP contribution is 2.34. The van der Waals surface area contributed by atoms with Crippen LogP contribution in [-0.2, 0) is 16.2 Å². The predicted molar refractivity (Wildman–Crippen MR) is 106 cm³/mol. The van der Waals surface area contributed by atoms with Crippen LogP contribution in [0, 0.1) is 0 Å². The Labute approximate surface area is 166 Å². The van der Waals surface area contributed by atoms with Gasteiger partial charge in [0.05, 0.1) is 7.11 Å². The number of rotatable bonds is 5. The van der Waals surface area contributed by atoms with Gasteiger partial charge in [-0.3, -0.25) is 20.2 Å². The van der Waals surface area contributed by atoms with Crippen LogP contribution in [0.4, 0.5) is 0 Å². The van der Waals surface area contributed by atoms with Gasteiger partial charge in [-0.2, -0.15) is 0 Å². The number of carbonyl (C=O) groups is 2. The third-order valence-electron chi connectivity index (χ3n) is 3.80. The lowest BCUT2D eigenvalue weighted by atomic mass is 10.1. The molecule has 0 unspecified atom stereocenters. The molecule has 8 heteroatoms. The van der Waals surface area contributed by atoms with Gasteiger partial charge >= 0.3 is 0 Å². The molecule has 1 aliphatic heterocycles. The van der Waals surface area contributed by atoms with Gasteiger partial charge in [0.2, 0.25) is 0 Å². The zero-order valence-corrected chi connectivity index (χ0v) is 15.8. The van der Waals surface area contributed by atoms with Gasteiger partial charge < -0.3 is 9.47 Å². The van der Waals surface area contributed by atoms with Crippen molar-refractivity contribution < 1.29 is 19.1 Å². The largest absolute Gasteiger partial charge is 0.493 e. The van der Waals surface area contributed by atoms with Crippen LogP contribution >= 0.6 is 23.8 Å². The van der Waals surface area contributed by atoms with E-state index in [0.717, 1.165) is 5.56 Å². The molecular weight excluding hydrogens is 388 g/mol. The minimum Gasteiger partial charge on any atom is -0.493 e. The van der Waals surface area contributed by atoms with E-state index >= 15 is 0 Å². The second-order valence-corrected chi connectivity index (χ2v) is 6.37. The summed E-state index contributed by atoms with van der Waals surface area (Å²) < 4.78 is 11.3. The van der Waals surface area contributed by atoms with Crippen LogP contribution in [-0.4, -0.2) is 24.0 Å². The van der Waals surface area contributed by atoms with Crippen LogP contribution in [0.5, 0.6) is 11.5 Å². The van der Waals surface area contributed by atoms with Gasteiger partial charge in [0.1, 0.15) is 12.2 Å². The normalized spacial score (nSPS) is 13.7. The summed E-state index contributed by atoms with van der Waals surface area (Å²) in [5.41, 5.74) is 1.22. The maximum Gasteiger partial charge on any atom is 0.263 e. The van der Waals surface area contributed by atoms with Crippen LogP contribution in [0.2, 0.25) is 5.02 Å². The van der Waals surface area contributed by atoms with Crippen molar-refractivity contribution in [3.05, 3.63) is 64.2 Å². The number of methoxy groups -OCH3 is 1. The van der Waals surface area contributed by atoms with Gasteiger partial charge in [0, 0.05) is 16.1 Å². The van der Waals surface area contributed by atoms with Crippen molar-refractivity contribution in [1.82, 2.24) is 10.6 Å². The van der Waals surface area contributed by atoms with E-state index in [0.29, 0.717) is 22.1 Å². The van der Waals surface area contributed by atoms with E-state index in [1.807, 2.05) is 18.2 Å². The molecule has 27 heavy (non-hydrogen) atoms. The molecular formula is C19H15ClN2O4S. The molecule has 2 aromatic carbocycles. The van der Waals surface area contributed by atoms with Crippen LogP contribution < -0.4 is 20.1 Å². The fourth-order valence-corrected chi connectivity index (χ4v) is 2.86. The molecule has 138 valence electrons. The predicted octanol–water partition coefficient (Wildman–Crippen LogP) is 2.84. The lowest BCUT2D eigenvalue weighted by Gasteiger charge is -2.18. The monoisotopic (exact) mass is 402 g/mol. The number of nitrogens with one attached hydrogen (secondary N) is 2. The average molecular weight is 403 g/mol. The van der Waals surface area contributed by atoms with Gasteiger partial charge in [0.15, 0.2) is 16.6 Å². The van der Waals surface area contributed by atoms with Crippen molar-refractivity contribution in [2.45, 2.75) is 6.61 Å². The molecule has 2 aromatic rings. The summed E-state index contributed by atoms with van der Waals surface area (Å²) in [6, 6.07) is 12.5. The average Bonchev–Trinajstić information content (AvgIpc) is 2.64. The Kier molecular flexibility index (Phi) is 5.73. The summed E-state index contributed by atoms with van der Waals surface area (Å²) in [7, 11) is 1.51. The molecule has 0 spiro atoms. The first-order valence-electron chi connectivity index (χ1n) is 7.91. The van der Waals surface area contributed by atoms with E-state index in [1.54, 1.807) is 24.3 Å². The molecule has 2 amide bonds. The number of para-hydroxylation sites is 1. The number of thiocarbonyl (C=S) groups is 1. The Bertz CT molecular complexity index is 936. The fourth-order valence-electron chi connectivity index (χ4n) is 2.49. The first-order chi connectivity index (χ1) is 13.0. The summed E-state index contributed by atoms with van der Waals surface area (Å²) >= 11 is 11.0. The van der Waals surface area contributed by atoms with Crippen molar-refractivity contribution in [1.29, 1.82) is 0 Å². The SMILES string of the molecule is COc1cccc(C=C2C(=O)NC(=S)NC2=O)c1OCc1ccccc1Cl. The van der Waals surface area contributed by atoms with Gasteiger partial charge in [0.25, 0.3) is 11.8 Å². The highest BCUT2D eigenvalue weighted by molar-refractivity contribution is 7.80. The smallest absolute Gasteiger partial charge is 0.263 e. The molecule has 3 rings (SSSR count). The molecule has 6 nitrogen and oxygen atoms in total. The summed E-state index contributed by atoms with van der Waals surface area (Å²) in [6.45, 7) is 0.193. The summed E-state index contributed by atoms with van der Waals surface area (Å²) in [4.78, 5) is 24.2. The van der Waals surface area contributed by atoms with E-state index in [-0.39, 0.29) is 17.3 Å². The third kappa shape index (κ3) is 4.27. The van der Waals surface area contributed by atoms with E-state index < -0.39 is 11.8 Å². The van der Waals surface area contributed by atoms with Crippen LogP contribution in [0.1, 0.15) is 11.1 Å². The number of hydrogen-bond donors (Lipinski definition) is 2. The number of halogens is 1. The second-order valence-electron chi connectivity index (χ2n) is 5.55. The standard InChI is InChI=1S/C19H15ClN2O4S/c1-25-15-8-4-6-11(9-13-17(23)21-19(27)22-18(13)24)16(15)26-10-12-5-2-3-7-14(12)20/h2-9H,10H2,1H3,(H2,21,22,23,24,27). The molecule has 1 heterocycles. The first-order valence-corrected chi connectivity index (χ1v) is 8.70. The molecule has 2 N–H and O–H groups in total. The zero-order chi connectivity index (χ0) is 19.4. The van der Waals surface area contributed by atoms with Crippen LogP contribution in [0.3, 0.4) is 0 Å². The number of hydrogen-bond acceptors (Lipinski definition) is 5. The summed E-state index contributed by atoms with van der Waals surface area (Å²) in [5.74, 6) is -0.308. The third-order valence-corrected chi connectivity index (χ3v) is 4.38. The topological polar surface area (TPSA) is 76.7 Å². The highest BCUT2D eigenvalue weighted by atomic mass is 35.5. The quantitative estimate of drug-likeness (QED) is 0.457. The van der Waals surface area contributed by atoms with Crippen molar-refractivity contribution in [3.63, 3.8) is 0 Å². The van der Waals surface area contributed by atoms with Crippen molar-refractivity contribution in [2.75, 3.05) is 7.11 Å². The Morgan fingerprint density at radius 3 is 2.44 bits per heavy atom. The van der Waals surface area contributed by atoms with Crippen LogP contribution in [0.25, 0.3) is 6.08 Å². The lowest BCUT2D eigenvalue weighted by Crippen LogP contribution is -2.51. The van der Waals surface area contributed by atoms with E-state index in [9.17, 15) is 9.59 Å². The van der Waals surface area contributed by atoms with E-state index in [4.69, 9.17) is 33.3 Å². The highest BCUT2D eigenvalue weighted by Gasteiger charge is 2.26. The Balaban J connectivity index is 1.95. The van der Waals surface area contributed by atoms with Crippen molar-refractivity contribution in [3.8, 4) is 11.5 Å². The number of amides is 2. The van der Waals surface area contributed by atoms with Gasteiger partial charge in [-0.05, 0) is 30.4 Å². The Hall–Kier alpha value is -2.90. The molecule has 1 aliphatic rings. The van der Waals surface area contributed by atoms with Gasteiger partial charge in [-0.25, -0.2) is 0 Å². The molecule has 1 fully saturated rings. The molecule has 1 saturated heterocycles. The maximum absolute atomic E-state index is 12.1. The number of benzene rings is 2. The van der Waals surface area contributed by atoms with Crippen molar-refractivity contribution in [2.24, 2.45) is 0 Å². The molecule has 0 aliphatic carbocycles. The minimum absolute atomic E-state index is 0.0250. The summed E-state index contributed by atoms with van der Waals surface area (Å²) in [5, 5.41) is 5.34. The molecule has 0 aromatic heterocycles. The van der Waals surface area contributed by atoms with E-state index in [2.05, 4.69) is 10.6 Å². The van der Waals surface area contributed by atoms with Gasteiger partial charge in [-0.1, -0.05) is 41.9 Å². The zero-order valence-electron chi connectivity index (χ0n) is 14.2. The second kappa shape index (κ2) is 8.20. The Morgan fingerprint density at radius 2 is 1.78 bits per heavy atom. The summed E-state index contributed by atoms with van der Waals surface area (Å²) in [6.07, 6.45) is 1.43. The fraction of sp³-hybridized carbons (Fsp3) is 0.105. The van der Waals surface area contributed by atoms with Crippen LogP contribution in [0.15, 0.2) is 48.0 Å². The minimum atomic E-state index is -0.580. The number of ether oxygens (including phenoxy) is 2. The molecule has 0 atom stereocenters. The lowest BCUT2D eigenvalue weighted by molar-refractivity contribution is -0.123. The molecule has 0 saturated carbocycles. The number of carbonyl (C=O) groups excluding carboxylic acids is 2. The molecule has 0 radical (unpaired) electrons. The maximum atomic E-state index is 12.1. The first kappa shape index (κ1) is 18.9. The molecule has 0 bridgehead atoms. The van der Waals surface area contributed by atoms with Crippen molar-refractivity contribution >= 4 is 46.8 Å². The Morgan fingerprint density at radius 1 is 1.07 bits per heavy atom. The van der Waals surface area contributed by atoms with Gasteiger partial charge in [-0.15, -0.1) is 0 Å². The van der Waals surface area contributed by atoms with E-state index in [1.165, 1.54) is 13.2 Å².